The average Bonchev–Trinajstić information content (AvgIpc) is 2.94. The van der Waals surface area contributed by atoms with Crippen molar-refractivity contribution in [2.45, 2.75) is 50.6 Å². The summed E-state index contributed by atoms with van der Waals surface area (Å²) in [4.78, 5) is 17.6. The molecule has 10 heteroatoms. The molecule has 0 aromatic heterocycles. The van der Waals surface area contributed by atoms with E-state index in [-0.39, 0.29) is 25.2 Å². The van der Waals surface area contributed by atoms with Gasteiger partial charge in [0.1, 0.15) is 12.4 Å². The molecule has 1 N–H and O–H groups in total. The molecule has 220 valence electrons. The SMILES string of the molecule is COc1cc(C)c(S(=O)(=O)N2CCCCC2COCC(=O)NCCN2CCN(Cc3ccccc3)CC2)c(C)c1. The van der Waals surface area contributed by atoms with Gasteiger partial charge < -0.3 is 14.8 Å². The number of piperazine rings is 1. The molecule has 1 unspecified atom stereocenters. The molecule has 1 atom stereocenters. The monoisotopic (exact) mass is 572 g/mol. The molecule has 2 heterocycles. The van der Waals surface area contributed by atoms with Crippen molar-refractivity contribution in [2.24, 2.45) is 0 Å². The van der Waals surface area contributed by atoms with Crippen LogP contribution in [-0.4, -0.2) is 101 Å². The number of nitrogens with zero attached hydrogens (tertiary/aromatic N) is 3. The fraction of sp³-hybridized carbons (Fsp3) is 0.567. The van der Waals surface area contributed by atoms with Crippen molar-refractivity contribution in [1.82, 2.24) is 19.4 Å². The lowest BCUT2D eigenvalue weighted by atomic mass is 10.1. The topological polar surface area (TPSA) is 91.4 Å². The number of benzene rings is 2. The van der Waals surface area contributed by atoms with Gasteiger partial charge in [0.15, 0.2) is 0 Å². The van der Waals surface area contributed by atoms with Crippen LogP contribution in [0, 0.1) is 13.8 Å². The van der Waals surface area contributed by atoms with Gasteiger partial charge in [-0.05, 0) is 55.5 Å². The Morgan fingerprint density at radius 2 is 1.65 bits per heavy atom. The number of hydrogen-bond acceptors (Lipinski definition) is 7. The number of carbonyl (C=O) groups is 1. The number of aryl methyl sites for hydroxylation is 2. The molecule has 2 fully saturated rings. The largest absolute Gasteiger partial charge is 0.497 e. The van der Waals surface area contributed by atoms with Crippen LogP contribution < -0.4 is 10.1 Å². The van der Waals surface area contributed by atoms with Gasteiger partial charge in [-0.25, -0.2) is 8.42 Å². The summed E-state index contributed by atoms with van der Waals surface area (Å²) in [5.74, 6) is 0.471. The molecule has 2 saturated heterocycles. The summed E-state index contributed by atoms with van der Waals surface area (Å²) in [5.41, 5.74) is 2.67. The first-order valence-corrected chi connectivity index (χ1v) is 15.7. The summed E-state index contributed by atoms with van der Waals surface area (Å²) in [6.07, 6.45) is 2.46. The fourth-order valence-electron chi connectivity index (χ4n) is 5.71. The van der Waals surface area contributed by atoms with Gasteiger partial charge in [-0.15, -0.1) is 0 Å². The number of ether oxygens (including phenoxy) is 2. The number of sulfonamides is 1. The second kappa shape index (κ2) is 14.4. The van der Waals surface area contributed by atoms with Crippen molar-refractivity contribution < 1.29 is 22.7 Å². The van der Waals surface area contributed by atoms with Crippen molar-refractivity contribution in [2.75, 3.05) is 66.1 Å². The first-order valence-electron chi connectivity index (χ1n) is 14.3. The highest BCUT2D eigenvalue weighted by molar-refractivity contribution is 7.89. The number of rotatable bonds is 12. The molecular weight excluding hydrogens is 528 g/mol. The number of amides is 1. The highest BCUT2D eigenvalue weighted by Crippen LogP contribution is 2.31. The summed E-state index contributed by atoms with van der Waals surface area (Å²) in [6.45, 7) is 10.5. The van der Waals surface area contributed by atoms with Gasteiger partial charge in [0.05, 0.1) is 18.6 Å². The van der Waals surface area contributed by atoms with Crippen LogP contribution >= 0.6 is 0 Å². The van der Waals surface area contributed by atoms with Crippen molar-refractivity contribution >= 4 is 15.9 Å². The van der Waals surface area contributed by atoms with Crippen molar-refractivity contribution in [3.05, 3.63) is 59.2 Å². The Hall–Kier alpha value is -2.50. The van der Waals surface area contributed by atoms with Crippen LogP contribution in [-0.2, 0) is 26.1 Å². The summed E-state index contributed by atoms with van der Waals surface area (Å²) >= 11 is 0. The molecule has 40 heavy (non-hydrogen) atoms. The molecule has 0 spiro atoms. The Morgan fingerprint density at radius 1 is 0.975 bits per heavy atom. The van der Waals surface area contributed by atoms with Gasteiger partial charge >= 0.3 is 0 Å². The normalized spacial score (nSPS) is 19.4. The second-order valence-corrected chi connectivity index (χ2v) is 12.7. The highest BCUT2D eigenvalue weighted by Gasteiger charge is 2.35. The maximum absolute atomic E-state index is 13.7. The van der Waals surface area contributed by atoms with E-state index < -0.39 is 10.0 Å². The van der Waals surface area contributed by atoms with E-state index >= 15 is 0 Å². The number of methoxy groups -OCH3 is 1. The fourth-order valence-corrected chi connectivity index (χ4v) is 7.81. The molecule has 2 aliphatic heterocycles. The lowest BCUT2D eigenvalue weighted by Gasteiger charge is -2.35. The third-order valence-corrected chi connectivity index (χ3v) is 10.1. The van der Waals surface area contributed by atoms with Crippen LogP contribution in [0.3, 0.4) is 0 Å². The number of hydrogen-bond donors (Lipinski definition) is 1. The van der Waals surface area contributed by atoms with Crippen LogP contribution in [0.4, 0.5) is 0 Å². The average molecular weight is 573 g/mol. The number of piperidine rings is 1. The highest BCUT2D eigenvalue weighted by atomic mass is 32.2. The van der Waals surface area contributed by atoms with Crippen LogP contribution in [0.1, 0.15) is 36.0 Å². The predicted molar refractivity (Wildman–Crippen MR) is 156 cm³/mol. The third kappa shape index (κ3) is 8.04. The standard InChI is InChI=1S/C30H44N4O5S/c1-24-19-28(38-3)20-25(2)30(24)40(36,37)34-13-8-7-11-27(34)22-39-23-29(35)31-12-14-32-15-17-33(18-16-32)21-26-9-5-4-6-10-26/h4-6,9-10,19-20,27H,7-8,11-18,21-23H2,1-3H3,(H,31,35). The lowest BCUT2D eigenvalue weighted by Crippen LogP contribution is -2.48. The predicted octanol–water partition coefficient (Wildman–Crippen LogP) is 2.81. The van der Waals surface area contributed by atoms with Gasteiger partial charge in [0.2, 0.25) is 15.9 Å². The Morgan fingerprint density at radius 3 is 2.33 bits per heavy atom. The Bertz CT molecular complexity index is 1190. The molecule has 0 saturated carbocycles. The van der Waals surface area contributed by atoms with Crippen LogP contribution in [0.25, 0.3) is 0 Å². The first kappa shape index (κ1) is 30.5. The number of carbonyl (C=O) groups excluding carboxylic acids is 1. The molecule has 4 rings (SSSR count). The molecule has 0 bridgehead atoms. The Kier molecular flexibility index (Phi) is 11.0. The molecular formula is C30H44N4O5S. The minimum absolute atomic E-state index is 0.0736. The van der Waals surface area contributed by atoms with E-state index in [1.165, 1.54) is 5.56 Å². The van der Waals surface area contributed by atoms with Crippen molar-refractivity contribution in [3.8, 4) is 5.75 Å². The van der Waals surface area contributed by atoms with Gasteiger partial charge in [0, 0.05) is 58.4 Å². The molecule has 2 aliphatic rings. The maximum Gasteiger partial charge on any atom is 0.246 e. The van der Waals surface area contributed by atoms with E-state index in [4.69, 9.17) is 9.47 Å². The minimum atomic E-state index is -3.71. The van der Waals surface area contributed by atoms with Crippen molar-refractivity contribution in [3.63, 3.8) is 0 Å². The smallest absolute Gasteiger partial charge is 0.246 e. The molecule has 0 radical (unpaired) electrons. The van der Waals surface area contributed by atoms with Crippen LogP contribution in [0.5, 0.6) is 5.75 Å². The molecule has 2 aromatic carbocycles. The maximum atomic E-state index is 13.7. The molecule has 2 aromatic rings. The summed E-state index contributed by atoms with van der Waals surface area (Å²) in [7, 11) is -2.13. The van der Waals surface area contributed by atoms with E-state index in [9.17, 15) is 13.2 Å². The quantitative estimate of drug-likeness (QED) is 0.418. The molecule has 0 aliphatic carbocycles. The van der Waals surface area contributed by atoms with Gasteiger partial charge in [-0.2, -0.15) is 4.31 Å². The van der Waals surface area contributed by atoms with Crippen molar-refractivity contribution in [1.29, 1.82) is 0 Å². The zero-order chi connectivity index (χ0) is 28.5. The van der Waals surface area contributed by atoms with E-state index in [1.807, 2.05) is 6.07 Å². The molecule has 1 amide bonds. The first-order chi connectivity index (χ1) is 19.3. The van der Waals surface area contributed by atoms with Gasteiger partial charge in [-0.3, -0.25) is 14.6 Å². The Labute approximate surface area is 239 Å². The van der Waals surface area contributed by atoms with Gasteiger partial charge in [0.25, 0.3) is 0 Å². The lowest BCUT2D eigenvalue weighted by molar-refractivity contribution is -0.126. The summed E-state index contributed by atoms with van der Waals surface area (Å²) in [5, 5.41) is 2.95. The summed E-state index contributed by atoms with van der Waals surface area (Å²) in [6, 6.07) is 13.7. The van der Waals surface area contributed by atoms with E-state index in [0.29, 0.717) is 41.3 Å². The van der Waals surface area contributed by atoms with Crippen LogP contribution in [0.2, 0.25) is 0 Å². The van der Waals surface area contributed by atoms with Gasteiger partial charge in [-0.1, -0.05) is 36.8 Å². The second-order valence-electron chi connectivity index (χ2n) is 10.8. The van der Waals surface area contributed by atoms with E-state index in [1.54, 1.807) is 37.4 Å². The van der Waals surface area contributed by atoms with Crippen LogP contribution in [0.15, 0.2) is 47.4 Å². The van der Waals surface area contributed by atoms with E-state index in [2.05, 4.69) is 39.4 Å². The molecule has 9 nitrogen and oxygen atoms in total. The van der Waals surface area contributed by atoms with E-state index in [0.717, 1.165) is 52.1 Å². The summed E-state index contributed by atoms with van der Waals surface area (Å²) < 4.78 is 40.0. The zero-order valence-corrected chi connectivity index (χ0v) is 24.9. The minimum Gasteiger partial charge on any atom is -0.497 e. The zero-order valence-electron chi connectivity index (χ0n) is 24.1. The Balaban J connectivity index is 1.19. The number of nitrogens with one attached hydrogen (secondary N) is 1. The third-order valence-electron chi connectivity index (χ3n) is 7.82.